The van der Waals surface area contributed by atoms with E-state index in [4.69, 9.17) is 10.2 Å². The number of hydrogen-bond acceptors (Lipinski definition) is 7. The highest BCUT2D eigenvalue weighted by Crippen LogP contribution is 2.07. The molecule has 0 saturated carbocycles. The lowest BCUT2D eigenvalue weighted by Crippen LogP contribution is -2.57. The summed E-state index contributed by atoms with van der Waals surface area (Å²) in [7, 11) is 0. The van der Waals surface area contributed by atoms with Gasteiger partial charge in [0.2, 0.25) is 17.7 Å². The van der Waals surface area contributed by atoms with Crippen LogP contribution in [-0.4, -0.2) is 82.3 Å². The van der Waals surface area contributed by atoms with E-state index in [1.54, 1.807) is 0 Å². The molecule has 0 aromatic carbocycles. The molecule has 1 rings (SSSR count). The van der Waals surface area contributed by atoms with Crippen LogP contribution in [0.5, 0.6) is 0 Å². The summed E-state index contributed by atoms with van der Waals surface area (Å²) in [5.74, 6) is -4.71. The van der Waals surface area contributed by atoms with Crippen molar-refractivity contribution in [3.63, 3.8) is 0 Å². The zero-order valence-electron chi connectivity index (χ0n) is 15.4. The minimum absolute atomic E-state index is 0.217. The lowest BCUT2D eigenvalue weighted by atomic mass is 10.1. The second kappa shape index (κ2) is 11.2. The van der Waals surface area contributed by atoms with Gasteiger partial charge in [-0.2, -0.15) is 0 Å². The number of carbonyl (C=O) groups excluding carboxylic acids is 3. The molecule has 0 aromatic heterocycles. The summed E-state index contributed by atoms with van der Waals surface area (Å²) in [5, 5.41) is 36.7. The number of aliphatic hydroxyl groups excluding tert-OH is 1. The van der Waals surface area contributed by atoms with Gasteiger partial charge in [-0.3, -0.25) is 24.0 Å². The zero-order valence-corrected chi connectivity index (χ0v) is 15.4. The predicted molar refractivity (Wildman–Crippen MR) is 94.1 cm³/mol. The number of amides is 3. The van der Waals surface area contributed by atoms with Crippen LogP contribution in [-0.2, 0) is 24.0 Å². The molecule has 158 valence electrons. The van der Waals surface area contributed by atoms with Crippen LogP contribution in [0.15, 0.2) is 0 Å². The van der Waals surface area contributed by atoms with Crippen LogP contribution in [0.25, 0.3) is 0 Å². The normalized spacial score (nSPS) is 19.1. The monoisotopic (exact) mass is 402 g/mol. The standard InChI is InChI=1S/C16H26N4O8/c1-8(16(27)28)18-15(26)11(7-21)20-14(25)10(4-5-12(22)23)19-13(24)9-3-2-6-17-9/h8-11,17,21H,2-7H2,1H3,(H,18,26)(H,19,24)(H,20,25)(H,22,23)(H,27,28). The van der Waals surface area contributed by atoms with Crippen LogP contribution in [0.3, 0.4) is 0 Å². The van der Waals surface area contributed by atoms with Gasteiger partial charge < -0.3 is 36.6 Å². The van der Waals surface area contributed by atoms with E-state index in [0.717, 1.165) is 6.42 Å². The zero-order chi connectivity index (χ0) is 21.3. The lowest BCUT2D eigenvalue weighted by molar-refractivity contribution is -0.142. The van der Waals surface area contributed by atoms with Crippen molar-refractivity contribution in [2.24, 2.45) is 0 Å². The van der Waals surface area contributed by atoms with Crippen molar-refractivity contribution in [3.8, 4) is 0 Å². The molecule has 1 fully saturated rings. The third kappa shape index (κ3) is 7.48. The van der Waals surface area contributed by atoms with E-state index in [-0.39, 0.29) is 6.42 Å². The van der Waals surface area contributed by atoms with Crippen LogP contribution in [0.4, 0.5) is 0 Å². The number of carbonyl (C=O) groups is 5. The predicted octanol–water partition coefficient (Wildman–Crippen LogP) is -2.85. The Labute approximate surface area is 161 Å². The first-order valence-electron chi connectivity index (χ1n) is 8.85. The lowest BCUT2D eigenvalue weighted by Gasteiger charge is -2.23. The van der Waals surface area contributed by atoms with Crippen LogP contribution in [0, 0.1) is 0 Å². The average Bonchev–Trinajstić information content (AvgIpc) is 3.17. The molecular weight excluding hydrogens is 376 g/mol. The van der Waals surface area contributed by atoms with Gasteiger partial charge in [0.15, 0.2) is 0 Å². The fourth-order valence-corrected chi connectivity index (χ4v) is 2.56. The number of nitrogens with one attached hydrogen (secondary N) is 4. The minimum Gasteiger partial charge on any atom is -0.481 e. The highest BCUT2D eigenvalue weighted by atomic mass is 16.4. The molecule has 3 amide bonds. The van der Waals surface area contributed by atoms with Gasteiger partial charge in [0.1, 0.15) is 18.1 Å². The van der Waals surface area contributed by atoms with Gasteiger partial charge in [-0.05, 0) is 32.7 Å². The fraction of sp³-hybridized carbons (Fsp3) is 0.688. The Hall–Kier alpha value is -2.73. The van der Waals surface area contributed by atoms with E-state index >= 15 is 0 Å². The summed E-state index contributed by atoms with van der Waals surface area (Å²) >= 11 is 0. The van der Waals surface area contributed by atoms with Crippen LogP contribution >= 0.6 is 0 Å². The third-order valence-electron chi connectivity index (χ3n) is 4.20. The molecule has 0 spiro atoms. The van der Waals surface area contributed by atoms with E-state index in [1.807, 2.05) is 0 Å². The summed E-state index contributed by atoms with van der Waals surface area (Å²) in [6.07, 6.45) is 0.750. The topological polar surface area (TPSA) is 194 Å². The van der Waals surface area contributed by atoms with Crippen molar-refractivity contribution in [2.45, 2.75) is 56.8 Å². The molecule has 12 nitrogen and oxygen atoms in total. The summed E-state index contributed by atoms with van der Waals surface area (Å²) in [4.78, 5) is 58.3. The molecule has 1 aliphatic heterocycles. The molecule has 28 heavy (non-hydrogen) atoms. The smallest absolute Gasteiger partial charge is 0.325 e. The molecule has 0 radical (unpaired) electrons. The maximum absolute atomic E-state index is 12.5. The van der Waals surface area contributed by atoms with E-state index < -0.39 is 66.9 Å². The van der Waals surface area contributed by atoms with Crippen molar-refractivity contribution in [3.05, 3.63) is 0 Å². The van der Waals surface area contributed by atoms with Gasteiger partial charge in [0, 0.05) is 6.42 Å². The third-order valence-corrected chi connectivity index (χ3v) is 4.20. The van der Waals surface area contributed by atoms with Crippen LogP contribution < -0.4 is 21.3 Å². The van der Waals surface area contributed by atoms with Crippen molar-refractivity contribution in [2.75, 3.05) is 13.2 Å². The van der Waals surface area contributed by atoms with Crippen molar-refractivity contribution in [1.29, 1.82) is 0 Å². The number of carboxylic acids is 2. The van der Waals surface area contributed by atoms with E-state index in [2.05, 4.69) is 21.3 Å². The molecule has 0 aromatic rings. The molecule has 0 bridgehead atoms. The first kappa shape index (κ1) is 23.3. The average molecular weight is 402 g/mol. The molecule has 1 aliphatic rings. The number of hydrogen-bond donors (Lipinski definition) is 7. The van der Waals surface area contributed by atoms with E-state index in [1.165, 1.54) is 6.92 Å². The van der Waals surface area contributed by atoms with E-state index in [9.17, 15) is 29.1 Å². The number of aliphatic hydroxyl groups is 1. The fourth-order valence-electron chi connectivity index (χ4n) is 2.56. The maximum Gasteiger partial charge on any atom is 0.325 e. The molecular formula is C16H26N4O8. The highest BCUT2D eigenvalue weighted by Gasteiger charge is 2.30. The molecule has 4 unspecified atom stereocenters. The maximum atomic E-state index is 12.5. The Morgan fingerprint density at radius 2 is 1.68 bits per heavy atom. The number of aliphatic carboxylic acids is 2. The van der Waals surface area contributed by atoms with Crippen LogP contribution in [0.1, 0.15) is 32.6 Å². The summed E-state index contributed by atoms with van der Waals surface area (Å²) < 4.78 is 0. The molecule has 0 aliphatic carbocycles. The summed E-state index contributed by atoms with van der Waals surface area (Å²) in [5.41, 5.74) is 0. The molecule has 1 heterocycles. The second-order valence-electron chi connectivity index (χ2n) is 6.45. The molecule has 1 saturated heterocycles. The number of carboxylic acid groups (broad SMARTS) is 2. The minimum atomic E-state index is -1.46. The van der Waals surface area contributed by atoms with Crippen molar-refractivity contribution in [1.82, 2.24) is 21.3 Å². The summed E-state index contributed by atoms with van der Waals surface area (Å²) in [6.45, 7) is 1.05. The number of rotatable bonds is 11. The Morgan fingerprint density at radius 1 is 1.04 bits per heavy atom. The van der Waals surface area contributed by atoms with Gasteiger partial charge in [-0.15, -0.1) is 0 Å². The molecule has 7 N–H and O–H groups in total. The first-order valence-corrected chi connectivity index (χ1v) is 8.85. The Bertz CT molecular complexity index is 605. The van der Waals surface area contributed by atoms with Gasteiger partial charge in [0.05, 0.1) is 12.6 Å². The SMILES string of the molecule is CC(NC(=O)C(CO)NC(=O)C(CCC(=O)O)NC(=O)C1CCCN1)C(=O)O. The van der Waals surface area contributed by atoms with Crippen molar-refractivity contribution < 1.29 is 39.3 Å². The Kier molecular flexibility index (Phi) is 9.32. The summed E-state index contributed by atoms with van der Waals surface area (Å²) in [6, 6.07) is -4.42. The Balaban J connectivity index is 2.75. The van der Waals surface area contributed by atoms with Crippen molar-refractivity contribution >= 4 is 29.7 Å². The highest BCUT2D eigenvalue weighted by molar-refractivity contribution is 5.94. The van der Waals surface area contributed by atoms with Gasteiger partial charge in [-0.1, -0.05) is 0 Å². The quantitative estimate of drug-likeness (QED) is 0.190. The van der Waals surface area contributed by atoms with Crippen LogP contribution in [0.2, 0.25) is 0 Å². The molecule has 4 atom stereocenters. The first-order chi connectivity index (χ1) is 13.1. The largest absolute Gasteiger partial charge is 0.481 e. The van der Waals surface area contributed by atoms with E-state index in [0.29, 0.717) is 13.0 Å². The van der Waals surface area contributed by atoms with Gasteiger partial charge in [0.25, 0.3) is 0 Å². The Morgan fingerprint density at radius 3 is 2.18 bits per heavy atom. The molecule has 12 heteroatoms. The van der Waals surface area contributed by atoms with Gasteiger partial charge >= 0.3 is 11.9 Å². The van der Waals surface area contributed by atoms with Gasteiger partial charge in [-0.25, -0.2) is 0 Å². The second-order valence-corrected chi connectivity index (χ2v) is 6.45.